The van der Waals surface area contributed by atoms with Gasteiger partial charge in [0.05, 0.1) is 42.1 Å². The van der Waals surface area contributed by atoms with Crippen LogP contribution in [-0.2, 0) is 16.0 Å². The van der Waals surface area contributed by atoms with E-state index in [1.165, 1.54) is 0 Å². The smallest absolute Gasteiger partial charge is 0.225 e. The Labute approximate surface area is 192 Å². The number of halogens is 1. The lowest BCUT2D eigenvalue weighted by Gasteiger charge is -2.39. The average Bonchev–Trinajstić information content (AvgIpc) is 2.78. The second kappa shape index (κ2) is 10.1. The van der Waals surface area contributed by atoms with Crippen LogP contribution in [0, 0.1) is 11.2 Å². The van der Waals surface area contributed by atoms with E-state index in [-0.39, 0.29) is 36.4 Å². The first-order valence-electron chi connectivity index (χ1n) is 11.2. The Bertz CT molecular complexity index is 987. The molecule has 2 aliphatic rings. The molecule has 2 aliphatic heterocycles. The quantitative estimate of drug-likeness (QED) is 0.433. The molecule has 1 aromatic carbocycles. The number of anilines is 3. The van der Waals surface area contributed by atoms with Gasteiger partial charge in [0.15, 0.2) is 0 Å². The third-order valence-electron chi connectivity index (χ3n) is 6.19. The molecule has 2 saturated heterocycles. The molecule has 0 atom stereocenters. The van der Waals surface area contributed by atoms with E-state index >= 15 is 4.39 Å². The lowest BCUT2D eigenvalue weighted by Crippen LogP contribution is -2.52. The molecule has 9 nitrogen and oxygen atoms in total. The largest absolute Gasteiger partial charge is 0.387 e. The number of methoxy groups -OCH3 is 1. The Kier molecular flexibility index (Phi) is 7.02. The zero-order chi connectivity index (χ0) is 23.4. The maximum absolute atomic E-state index is 15.1. The number of carbonyl (C=O) groups is 1. The van der Waals surface area contributed by atoms with Crippen molar-refractivity contribution in [3.8, 4) is 0 Å². The number of hydrogen-bond acceptors (Lipinski definition) is 8. The van der Waals surface area contributed by atoms with Crippen molar-refractivity contribution in [3.63, 3.8) is 0 Å². The van der Waals surface area contributed by atoms with Gasteiger partial charge in [-0.15, -0.1) is 0 Å². The molecule has 3 heterocycles. The fourth-order valence-electron chi connectivity index (χ4n) is 4.18. The van der Waals surface area contributed by atoms with E-state index in [0.717, 1.165) is 31.9 Å². The normalized spacial score (nSPS) is 16.6. The van der Waals surface area contributed by atoms with E-state index in [4.69, 9.17) is 15.9 Å². The van der Waals surface area contributed by atoms with Crippen molar-refractivity contribution >= 4 is 28.9 Å². The molecule has 4 rings (SSSR count). The van der Waals surface area contributed by atoms with Gasteiger partial charge in [-0.25, -0.2) is 14.4 Å². The summed E-state index contributed by atoms with van der Waals surface area (Å²) in [5.74, 6) is 0.124. The monoisotopic (exact) mass is 455 g/mol. The fourth-order valence-corrected chi connectivity index (χ4v) is 4.18. The van der Waals surface area contributed by atoms with Gasteiger partial charge in [-0.05, 0) is 18.1 Å². The third-order valence-corrected chi connectivity index (χ3v) is 6.19. The Morgan fingerprint density at radius 1 is 1.15 bits per heavy atom. The van der Waals surface area contributed by atoms with Crippen molar-refractivity contribution in [2.75, 3.05) is 61.1 Å². The number of ketones is 1. The summed E-state index contributed by atoms with van der Waals surface area (Å²) >= 11 is 0. The summed E-state index contributed by atoms with van der Waals surface area (Å²) in [6, 6.07) is 5.32. The molecule has 2 aromatic rings. The SMILES string of the molecule is COC1CN(c2ncc(N3CCN(c4cccc(CCC(=O)CC(=N)N)c4F)CC3)cn2)C1. The highest BCUT2D eigenvalue weighted by molar-refractivity contribution is 5.98. The van der Waals surface area contributed by atoms with E-state index in [9.17, 15) is 4.79 Å². The van der Waals surface area contributed by atoms with Gasteiger partial charge in [-0.3, -0.25) is 10.2 Å². The molecule has 0 spiro atoms. The third kappa shape index (κ3) is 5.39. The van der Waals surface area contributed by atoms with Gasteiger partial charge in [0.25, 0.3) is 0 Å². The predicted octanol–water partition coefficient (Wildman–Crippen LogP) is 1.61. The number of aryl methyl sites for hydroxylation is 1. The molecule has 0 unspecified atom stereocenters. The van der Waals surface area contributed by atoms with Crippen molar-refractivity contribution in [1.82, 2.24) is 9.97 Å². The Morgan fingerprint density at radius 3 is 2.45 bits per heavy atom. The number of carbonyl (C=O) groups excluding carboxylic acids is 1. The maximum Gasteiger partial charge on any atom is 0.225 e. The standard InChI is InChI=1S/C23H30FN7O2/c1-33-19-14-31(15-19)23-27-12-17(13-28-23)29-7-9-30(10-8-29)20-4-2-3-16(22(20)24)5-6-18(32)11-21(25)26/h2-4,12-13,19H,5-11,14-15H2,1H3,(H3,25,26). The number of amidine groups is 1. The molecule has 0 radical (unpaired) electrons. The minimum atomic E-state index is -0.279. The van der Waals surface area contributed by atoms with Gasteiger partial charge < -0.3 is 25.2 Å². The summed E-state index contributed by atoms with van der Waals surface area (Å²) in [7, 11) is 1.71. The second-order valence-electron chi connectivity index (χ2n) is 8.47. The first kappa shape index (κ1) is 22.9. The molecule has 0 bridgehead atoms. The average molecular weight is 456 g/mol. The summed E-state index contributed by atoms with van der Waals surface area (Å²) in [5, 5.41) is 7.21. The van der Waals surface area contributed by atoms with Gasteiger partial charge in [-0.2, -0.15) is 0 Å². The van der Waals surface area contributed by atoms with E-state index in [1.54, 1.807) is 19.2 Å². The molecule has 1 aromatic heterocycles. The number of benzene rings is 1. The summed E-state index contributed by atoms with van der Waals surface area (Å²) in [4.78, 5) is 27.1. The number of nitrogens with one attached hydrogen (secondary N) is 1. The zero-order valence-corrected chi connectivity index (χ0v) is 18.8. The number of ether oxygens (including phenoxy) is 1. The first-order valence-corrected chi connectivity index (χ1v) is 11.2. The van der Waals surface area contributed by atoms with Gasteiger partial charge in [0.1, 0.15) is 11.6 Å². The lowest BCUT2D eigenvalue weighted by atomic mass is 10.0. The predicted molar refractivity (Wildman–Crippen MR) is 126 cm³/mol. The Morgan fingerprint density at radius 2 is 1.82 bits per heavy atom. The number of rotatable bonds is 9. The topological polar surface area (TPSA) is 112 Å². The summed E-state index contributed by atoms with van der Waals surface area (Å²) in [6.45, 7) is 4.44. The molecule has 33 heavy (non-hydrogen) atoms. The second-order valence-corrected chi connectivity index (χ2v) is 8.47. The van der Waals surface area contributed by atoms with Crippen LogP contribution in [0.4, 0.5) is 21.7 Å². The van der Waals surface area contributed by atoms with Crippen molar-refractivity contribution < 1.29 is 13.9 Å². The summed E-state index contributed by atoms with van der Waals surface area (Å²) in [6.07, 6.45) is 4.33. The molecular weight excluding hydrogens is 425 g/mol. The molecule has 176 valence electrons. The van der Waals surface area contributed by atoms with Crippen LogP contribution < -0.4 is 20.4 Å². The van der Waals surface area contributed by atoms with Crippen LogP contribution in [0.2, 0.25) is 0 Å². The highest BCUT2D eigenvalue weighted by Gasteiger charge is 2.28. The van der Waals surface area contributed by atoms with E-state index in [1.807, 2.05) is 23.4 Å². The molecule has 0 saturated carbocycles. The zero-order valence-electron chi connectivity index (χ0n) is 18.8. The lowest BCUT2D eigenvalue weighted by molar-refractivity contribution is -0.117. The molecule has 10 heteroatoms. The van der Waals surface area contributed by atoms with E-state index in [2.05, 4.69) is 19.8 Å². The van der Waals surface area contributed by atoms with Crippen molar-refractivity contribution in [3.05, 3.63) is 42.0 Å². The van der Waals surface area contributed by atoms with Gasteiger partial charge in [0.2, 0.25) is 5.95 Å². The van der Waals surface area contributed by atoms with Gasteiger partial charge in [-0.1, -0.05) is 12.1 Å². The van der Waals surface area contributed by atoms with Gasteiger partial charge in [0, 0.05) is 52.8 Å². The van der Waals surface area contributed by atoms with Crippen molar-refractivity contribution in [1.29, 1.82) is 5.41 Å². The molecule has 0 amide bonds. The number of aromatic nitrogens is 2. The number of hydrogen-bond donors (Lipinski definition) is 2. The van der Waals surface area contributed by atoms with Crippen LogP contribution in [0.25, 0.3) is 0 Å². The molecule has 0 aliphatic carbocycles. The van der Waals surface area contributed by atoms with Crippen LogP contribution in [0.15, 0.2) is 30.6 Å². The maximum atomic E-state index is 15.1. The van der Waals surface area contributed by atoms with Gasteiger partial charge >= 0.3 is 0 Å². The minimum Gasteiger partial charge on any atom is -0.387 e. The van der Waals surface area contributed by atoms with E-state index < -0.39 is 0 Å². The number of Topliss-reactive ketones (excluding diaryl/α,β-unsaturated/α-hetero) is 1. The fraction of sp³-hybridized carbons (Fsp3) is 0.478. The molecule has 2 fully saturated rings. The van der Waals surface area contributed by atoms with Crippen LogP contribution >= 0.6 is 0 Å². The van der Waals surface area contributed by atoms with Crippen LogP contribution in [0.1, 0.15) is 18.4 Å². The van der Waals surface area contributed by atoms with Crippen molar-refractivity contribution in [2.45, 2.75) is 25.4 Å². The molecular formula is C23H30FN7O2. The first-order chi connectivity index (χ1) is 15.9. The minimum absolute atomic E-state index is 0.0837. The van der Waals surface area contributed by atoms with Crippen LogP contribution in [-0.4, -0.2) is 74.1 Å². The number of piperazine rings is 1. The number of nitrogens with zero attached hydrogens (tertiary/aromatic N) is 5. The van der Waals surface area contributed by atoms with Crippen molar-refractivity contribution in [2.24, 2.45) is 5.73 Å². The molecule has 3 N–H and O–H groups in total. The highest BCUT2D eigenvalue weighted by Crippen LogP contribution is 2.26. The Balaban J connectivity index is 1.32. The Hall–Kier alpha value is -3.27. The number of nitrogens with two attached hydrogens (primary N) is 1. The van der Waals surface area contributed by atoms with Crippen LogP contribution in [0.3, 0.4) is 0 Å². The summed E-state index contributed by atoms with van der Waals surface area (Å²) in [5.41, 5.74) is 7.30. The highest BCUT2D eigenvalue weighted by atomic mass is 19.1. The summed E-state index contributed by atoms with van der Waals surface area (Å²) < 4.78 is 20.4. The van der Waals surface area contributed by atoms with Crippen LogP contribution in [0.5, 0.6) is 0 Å². The van der Waals surface area contributed by atoms with E-state index in [0.29, 0.717) is 36.7 Å².